The summed E-state index contributed by atoms with van der Waals surface area (Å²) in [6.45, 7) is 1.07. The van der Waals surface area contributed by atoms with E-state index in [1.165, 1.54) is 6.20 Å². The third kappa shape index (κ3) is 2.97. The summed E-state index contributed by atoms with van der Waals surface area (Å²) in [7, 11) is -3.66. The molecular weight excluding hydrogens is 397 g/mol. The lowest BCUT2D eigenvalue weighted by Crippen LogP contribution is -2.34. The number of benzene rings is 1. The second-order valence-corrected chi connectivity index (χ2v) is 9.42. The van der Waals surface area contributed by atoms with Crippen molar-refractivity contribution in [2.45, 2.75) is 56.4 Å². The van der Waals surface area contributed by atoms with Crippen molar-refractivity contribution in [1.82, 2.24) is 14.5 Å². The van der Waals surface area contributed by atoms with Gasteiger partial charge in [-0.2, -0.15) is 5.10 Å². The van der Waals surface area contributed by atoms with Gasteiger partial charge in [0, 0.05) is 18.7 Å². The predicted octanol–water partition coefficient (Wildman–Crippen LogP) is 2.92. The molecule has 0 saturated heterocycles. The SMILES string of the molecule is N=[S@@](=O)(NC(=O)Nc1c2c(c(F)c3c1CCC3)CCC2)c1cnn2c1OCCC2. The number of fused-ring (bicyclic) bond motifs is 3. The summed E-state index contributed by atoms with van der Waals surface area (Å²) in [6, 6.07) is -0.740. The zero-order valence-corrected chi connectivity index (χ0v) is 16.7. The molecule has 2 aromatic rings. The summed E-state index contributed by atoms with van der Waals surface area (Å²) in [5, 5.41) is 6.88. The first-order valence-electron chi connectivity index (χ1n) is 9.87. The van der Waals surface area contributed by atoms with Gasteiger partial charge < -0.3 is 10.1 Å². The Morgan fingerprint density at radius 3 is 2.48 bits per heavy atom. The van der Waals surface area contributed by atoms with Crippen LogP contribution in [0.1, 0.15) is 41.5 Å². The lowest BCUT2D eigenvalue weighted by atomic mass is 9.98. The smallest absolute Gasteiger partial charge is 0.331 e. The van der Waals surface area contributed by atoms with Crippen molar-refractivity contribution in [3.8, 4) is 5.88 Å². The standard InChI is InChI=1S/C19H22FN5O3S/c20-16-11-4-1-6-13(11)17(14-7-2-5-12(14)16)23-19(26)24-29(21,27)15-10-22-25-8-3-9-28-18(15)25/h10H,1-9H2,(H3,21,23,24,26,27)/t29-/m1/s1. The van der Waals surface area contributed by atoms with Crippen LogP contribution < -0.4 is 14.8 Å². The van der Waals surface area contributed by atoms with Crippen molar-refractivity contribution in [2.24, 2.45) is 0 Å². The van der Waals surface area contributed by atoms with Crippen LogP contribution in [0.2, 0.25) is 0 Å². The number of nitrogens with zero attached hydrogens (tertiary/aromatic N) is 2. The Hall–Kier alpha value is -2.62. The molecule has 3 aliphatic rings. The number of hydrogen-bond acceptors (Lipinski definition) is 5. The predicted molar refractivity (Wildman–Crippen MR) is 104 cm³/mol. The van der Waals surface area contributed by atoms with E-state index < -0.39 is 15.9 Å². The molecule has 0 spiro atoms. The number of urea groups is 1. The van der Waals surface area contributed by atoms with Gasteiger partial charge in [0.15, 0.2) is 9.92 Å². The molecule has 0 radical (unpaired) electrons. The number of rotatable bonds is 3. The van der Waals surface area contributed by atoms with E-state index in [4.69, 9.17) is 9.52 Å². The molecule has 0 bridgehead atoms. The molecule has 0 fully saturated rings. The Balaban J connectivity index is 1.43. The van der Waals surface area contributed by atoms with Crippen molar-refractivity contribution in [1.29, 1.82) is 4.78 Å². The summed E-state index contributed by atoms with van der Waals surface area (Å²) in [6.07, 6.45) is 6.53. The van der Waals surface area contributed by atoms with E-state index in [0.717, 1.165) is 30.4 Å². The highest BCUT2D eigenvalue weighted by Crippen LogP contribution is 2.41. The number of ether oxygens (including phenoxy) is 1. The molecule has 154 valence electrons. The Kier molecular flexibility index (Phi) is 4.27. The summed E-state index contributed by atoms with van der Waals surface area (Å²) < 4.78 is 45.3. The quantitative estimate of drug-likeness (QED) is 0.711. The third-order valence-corrected chi connectivity index (χ3v) is 7.24. The molecule has 1 atom stereocenters. The van der Waals surface area contributed by atoms with Crippen LogP contribution in [0.5, 0.6) is 5.88 Å². The maximum atomic E-state index is 14.8. The Bertz CT molecular complexity index is 1090. The van der Waals surface area contributed by atoms with Gasteiger partial charge in [0.1, 0.15) is 10.7 Å². The molecule has 0 saturated carbocycles. The zero-order chi connectivity index (χ0) is 20.2. The lowest BCUT2D eigenvalue weighted by molar-refractivity contribution is 0.224. The van der Waals surface area contributed by atoms with Crippen molar-refractivity contribution in [3.05, 3.63) is 34.3 Å². The van der Waals surface area contributed by atoms with Crippen molar-refractivity contribution >= 4 is 21.6 Å². The Morgan fingerprint density at radius 2 is 1.79 bits per heavy atom. The van der Waals surface area contributed by atoms with Gasteiger partial charge in [0.25, 0.3) is 0 Å². The van der Waals surface area contributed by atoms with Crippen LogP contribution in [0.4, 0.5) is 14.9 Å². The first kappa shape index (κ1) is 18.4. The van der Waals surface area contributed by atoms with Crippen LogP contribution in [-0.4, -0.2) is 26.6 Å². The number of amides is 2. The normalized spacial score (nSPS) is 18.9. The molecule has 1 aliphatic heterocycles. The largest absolute Gasteiger partial charge is 0.477 e. The van der Waals surface area contributed by atoms with E-state index in [1.807, 2.05) is 0 Å². The first-order valence-corrected chi connectivity index (χ1v) is 11.4. The molecular formula is C19H22FN5O3S. The number of nitrogens with one attached hydrogen (secondary N) is 3. The van der Waals surface area contributed by atoms with E-state index in [-0.39, 0.29) is 16.6 Å². The maximum absolute atomic E-state index is 14.8. The van der Waals surface area contributed by atoms with E-state index in [0.29, 0.717) is 55.6 Å². The number of carbonyl (C=O) groups excluding carboxylic acids is 1. The minimum absolute atomic E-state index is 0.0573. The Labute approximate surface area is 167 Å². The van der Waals surface area contributed by atoms with Crippen LogP contribution in [0.25, 0.3) is 0 Å². The minimum Gasteiger partial charge on any atom is -0.477 e. The van der Waals surface area contributed by atoms with Crippen molar-refractivity contribution in [2.75, 3.05) is 11.9 Å². The number of hydrogen-bond donors (Lipinski definition) is 3. The summed E-state index contributed by atoms with van der Waals surface area (Å²) in [5.74, 6) is 0.143. The monoisotopic (exact) mass is 419 g/mol. The number of carbonyl (C=O) groups is 1. The highest BCUT2D eigenvalue weighted by Gasteiger charge is 2.31. The number of aromatic nitrogens is 2. The molecule has 2 heterocycles. The van der Waals surface area contributed by atoms with Gasteiger partial charge >= 0.3 is 6.03 Å². The van der Waals surface area contributed by atoms with Gasteiger partial charge in [-0.25, -0.2) is 27.6 Å². The van der Waals surface area contributed by atoms with Crippen LogP contribution in [0.3, 0.4) is 0 Å². The van der Waals surface area contributed by atoms with Crippen LogP contribution in [0.15, 0.2) is 11.1 Å². The Morgan fingerprint density at radius 1 is 1.14 bits per heavy atom. The van der Waals surface area contributed by atoms with Crippen LogP contribution in [0, 0.1) is 10.6 Å². The second-order valence-electron chi connectivity index (χ2n) is 7.66. The molecule has 0 unspecified atom stereocenters. The topological polar surface area (TPSA) is 109 Å². The molecule has 1 aromatic carbocycles. The van der Waals surface area contributed by atoms with E-state index in [1.54, 1.807) is 4.68 Å². The fourth-order valence-corrected chi connectivity index (χ4v) is 5.63. The number of anilines is 1. The number of halogens is 1. The van der Waals surface area contributed by atoms with Crippen molar-refractivity contribution in [3.63, 3.8) is 0 Å². The molecule has 3 N–H and O–H groups in total. The molecule has 10 heteroatoms. The lowest BCUT2D eigenvalue weighted by Gasteiger charge is -2.19. The highest BCUT2D eigenvalue weighted by molar-refractivity contribution is 7.91. The zero-order valence-electron chi connectivity index (χ0n) is 15.8. The molecule has 5 rings (SSSR count). The average Bonchev–Trinajstić information content (AvgIpc) is 3.43. The summed E-state index contributed by atoms with van der Waals surface area (Å²) in [5.41, 5.74) is 3.67. The first-order chi connectivity index (χ1) is 14.0. The molecule has 29 heavy (non-hydrogen) atoms. The third-order valence-electron chi connectivity index (χ3n) is 5.87. The summed E-state index contributed by atoms with van der Waals surface area (Å²) in [4.78, 5) is 12.8. The maximum Gasteiger partial charge on any atom is 0.331 e. The van der Waals surface area contributed by atoms with E-state index in [2.05, 4.69) is 15.1 Å². The average molecular weight is 419 g/mol. The molecule has 2 aliphatic carbocycles. The number of aryl methyl sites for hydroxylation is 1. The highest BCUT2D eigenvalue weighted by atomic mass is 32.2. The van der Waals surface area contributed by atoms with Gasteiger partial charge in [-0.15, -0.1) is 0 Å². The molecule has 8 nitrogen and oxygen atoms in total. The summed E-state index contributed by atoms with van der Waals surface area (Å²) >= 11 is 0. The van der Waals surface area contributed by atoms with E-state index >= 15 is 0 Å². The van der Waals surface area contributed by atoms with Gasteiger partial charge in [-0.3, -0.25) is 0 Å². The van der Waals surface area contributed by atoms with Crippen LogP contribution in [-0.2, 0) is 42.1 Å². The van der Waals surface area contributed by atoms with E-state index in [9.17, 15) is 13.4 Å². The van der Waals surface area contributed by atoms with Crippen molar-refractivity contribution < 1.29 is 18.1 Å². The molecule has 1 aromatic heterocycles. The van der Waals surface area contributed by atoms with Crippen LogP contribution >= 0.6 is 0 Å². The van der Waals surface area contributed by atoms with Gasteiger partial charge in [-0.05, 0) is 60.8 Å². The minimum atomic E-state index is -3.66. The fraction of sp³-hybridized carbons (Fsp3) is 0.474. The van der Waals surface area contributed by atoms with Gasteiger partial charge in [0.05, 0.1) is 12.8 Å². The second kappa shape index (κ2) is 6.72. The van der Waals surface area contributed by atoms with Gasteiger partial charge in [-0.1, -0.05) is 0 Å². The molecule has 2 amide bonds. The fourth-order valence-electron chi connectivity index (χ4n) is 4.61. The van der Waals surface area contributed by atoms with Gasteiger partial charge in [0.2, 0.25) is 5.88 Å².